The van der Waals surface area contributed by atoms with Crippen molar-refractivity contribution in [2.45, 2.75) is 82.3 Å². The average Bonchev–Trinajstić information content (AvgIpc) is 3.09. The van der Waals surface area contributed by atoms with E-state index in [1.807, 2.05) is 6.07 Å². The Morgan fingerprint density at radius 3 is 2.47 bits per heavy atom. The van der Waals surface area contributed by atoms with E-state index in [1.54, 1.807) is 24.3 Å². The normalized spacial score (nSPS) is 35.5. The smallest absolute Gasteiger partial charge is 0.178 e. The summed E-state index contributed by atoms with van der Waals surface area (Å²) in [5.41, 5.74) is 2.74. The van der Waals surface area contributed by atoms with Gasteiger partial charge in [0.05, 0.1) is 22.9 Å². The second-order valence-corrected chi connectivity index (χ2v) is 12.7. The van der Waals surface area contributed by atoms with Gasteiger partial charge in [0.15, 0.2) is 9.84 Å². The molecule has 3 aliphatic rings. The van der Waals surface area contributed by atoms with Crippen LogP contribution in [0.25, 0.3) is 0 Å². The molecule has 0 unspecified atom stereocenters. The lowest BCUT2D eigenvalue weighted by atomic mass is 9.61. The highest BCUT2D eigenvalue weighted by atomic mass is 32.2. The van der Waals surface area contributed by atoms with Crippen LogP contribution in [-0.4, -0.2) is 36.6 Å². The van der Waals surface area contributed by atoms with Crippen molar-refractivity contribution in [3.8, 4) is 0 Å². The van der Waals surface area contributed by atoms with Gasteiger partial charge in [0.2, 0.25) is 0 Å². The third-order valence-corrected chi connectivity index (χ3v) is 10.3. The number of allylic oxidation sites excluding steroid dienone is 3. The Hall–Kier alpha value is -1.43. The molecule has 3 saturated carbocycles. The van der Waals surface area contributed by atoms with Gasteiger partial charge in [-0.2, -0.15) is 0 Å². The number of fused-ring (bicyclic) bond motifs is 1. The number of rotatable bonds is 5. The van der Waals surface area contributed by atoms with E-state index in [9.17, 15) is 18.6 Å². The predicted octanol–water partition coefficient (Wildman–Crippen LogP) is 5.07. The van der Waals surface area contributed by atoms with Gasteiger partial charge in [-0.1, -0.05) is 55.3 Å². The Bertz CT molecular complexity index is 953. The number of aliphatic hydroxyl groups excluding tert-OH is 2. The first-order chi connectivity index (χ1) is 15.2. The van der Waals surface area contributed by atoms with Crippen LogP contribution < -0.4 is 0 Å². The molecule has 3 aliphatic carbocycles. The van der Waals surface area contributed by atoms with Gasteiger partial charge in [0.25, 0.3) is 0 Å². The molecule has 2 N–H and O–H groups in total. The fraction of sp³-hybridized carbons (Fsp3) is 0.630. The Labute approximate surface area is 193 Å². The zero-order valence-electron chi connectivity index (χ0n) is 19.4. The van der Waals surface area contributed by atoms with Crippen LogP contribution in [0, 0.1) is 23.2 Å². The van der Waals surface area contributed by atoms with Crippen molar-refractivity contribution in [2.75, 3.05) is 5.75 Å². The van der Waals surface area contributed by atoms with Crippen molar-refractivity contribution in [1.82, 2.24) is 0 Å². The van der Waals surface area contributed by atoms with Crippen LogP contribution in [0.3, 0.4) is 0 Å². The largest absolute Gasteiger partial charge is 0.393 e. The molecule has 0 spiro atoms. The fourth-order valence-corrected chi connectivity index (χ4v) is 8.62. The quantitative estimate of drug-likeness (QED) is 0.646. The van der Waals surface area contributed by atoms with E-state index in [-0.39, 0.29) is 17.1 Å². The summed E-state index contributed by atoms with van der Waals surface area (Å²) in [7, 11) is -3.28. The average molecular weight is 459 g/mol. The number of hydrogen-bond donors (Lipinski definition) is 2. The molecule has 0 aromatic heterocycles. The number of hydrogen-bond acceptors (Lipinski definition) is 4. The second kappa shape index (κ2) is 9.44. The van der Waals surface area contributed by atoms with Crippen molar-refractivity contribution in [2.24, 2.45) is 23.2 Å². The third kappa shape index (κ3) is 4.90. The molecule has 4 nitrogen and oxygen atoms in total. The Morgan fingerprint density at radius 2 is 1.78 bits per heavy atom. The van der Waals surface area contributed by atoms with E-state index < -0.39 is 22.0 Å². The van der Waals surface area contributed by atoms with Crippen LogP contribution in [-0.2, 0) is 9.84 Å². The van der Waals surface area contributed by atoms with E-state index in [1.165, 1.54) is 5.57 Å². The molecule has 32 heavy (non-hydrogen) atoms. The molecule has 0 saturated heterocycles. The van der Waals surface area contributed by atoms with Crippen molar-refractivity contribution in [3.63, 3.8) is 0 Å². The van der Waals surface area contributed by atoms with Gasteiger partial charge in [-0.05, 0) is 86.7 Å². The van der Waals surface area contributed by atoms with Crippen molar-refractivity contribution in [3.05, 3.63) is 53.6 Å². The minimum atomic E-state index is -3.28. The summed E-state index contributed by atoms with van der Waals surface area (Å²) in [5, 5.41) is 20.0. The van der Waals surface area contributed by atoms with Crippen LogP contribution in [0.5, 0.6) is 0 Å². The van der Waals surface area contributed by atoms with E-state index >= 15 is 0 Å². The van der Waals surface area contributed by atoms with Crippen molar-refractivity contribution < 1.29 is 18.6 Å². The van der Waals surface area contributed by atoms with Gasteiger partial charge < -0.3 is 10.2 Å². The van der Waals surface area contributed by atoms with Gasteiger partial charge >= 0.3 is 0 Å². The summed E-state index contributed by atoms with van der Waals surface area (Å²) in [6.07, 6.45) is 10.9. The highest BCUT2D eigenvalue weighted by Gasteiger charge is 2.51. The molecule has 1 aromatic carbocycles. The summed E-state index contributed by atoms with van der Waals surface area (Å²) in [6.45, 7) is 4.51. The van der Waals surface area contributed by atoms with Gasteiger partial charge in [0, 0.05) is 0 Å². The number of sulfone groups is 1. The first kappa shape index (κ1) is 23.7. The van der Waals surface area contributed by atoms with Crippen molar-refractivity contribution >= 4 is 9.84 Å². The Kier molecular flexibility index (Phi) is 7.00. The molecule has 0 aliphatic heterocycles. The van der Waals surface area contributed by atoms with Gasteiger partial charge in [-0.15, -0.1) is 0 Å². The maximum Gasteiger partial charge on any atom is 0.178 e. The molecule has 5 heteroatoms. The summed E-state index contributed by atoms with van der Waals surface area (Å²) in [4.78, 5) is 0.430. The minimum Gasteiger partial charge on any atom is -0.393 e. The highest BCUT2D eigenvalue weighted by molar-refractivity contribution is 7.91. The lowest BCUT2D eigenvalue weighted by Gasteiger charge is -2.44. The van der Waals surface area contributed by atoms with Crippen LogP contribution in [0.15, 0.2) is 58.5 Å². The van der Waals surface area contributed by atoms with E-state index in [2.05, 4.69) is 26.0 Å². The molecular weight excluding hydrogens is 420 g/mol. The lowest BCUT2D eigenvalue weighted by molar-refractivity contribution is 0.0609. The van der Waals surface area contributed by atoms with Gasteiger partial charge in [0.1, 0.15) is 0 Å². The Morgan fingerprint density at radius 1 is 1.09 bits per heavy atom. The molecule has 0 amide bonds. The first-order valence-corrected chi connectivity index (χ1v) is 13.9. The topological polar surface area (TPSA) is 74.6 Å². The predicted molar refractivity (Wildman–Crippen MR) is 128 cm³/mol. The molecule has 6 atom stereocenters. The minimum absolute atomic E-state index is 0.122. The molecule has 0 radical (unpaired) electrons. The molecule has 176 valence electrons. The van der Waals surface area contributed by atoms with Crippen LogP contribution >= 0.6 is 0 Å². The number of benzene rings is 1. The monoisotopic (exact) mass is 458 g/mol. The van der Waals surface area contributed by atoms with E-state index in [4.69, 9.17) is 0 Å². The molecule has 4 rings (SSSR count). The summed E-state index contributed by atoms with van der Waals surface area (Å²) < 4.78 is 26.0. The third-order valence-electron chi connectivity index (χ3n) is 8.38. The second-order valence-electron chi connectivity index (χ2n) is 10.7. The van der Waals surface area contributed by atoms with Gasteiger partial charge in [-0.3, -0.25) is 0 Å². The van der Waals surface area contributed by atoms with Crippen LogP contribution in [0.2, 0.25) is 0 Å². The summed E-state index contributed by atoms with van der Waals surface area (Å²) in [5.74, 6) is 1.23. The zero-order chi connectivity index (χ0) is 22.9. The van der Waals surface area contributed by atoms with Crippen LogP contribution in [0.1, 0.15) is 65.2 Å². The first-order valence-electron chi connectivity index (χ1n) is 12.2. The van der Waals surface area contributed by atoms with Crippen molar-refractivity contribution in [1.29, 1.82) is 0 Å². The molecule has 3 fully saturated rings. The highest BCUT2D eigenvalue weighted by Crippen LogP contribution is 2.59. The fourth-order valence-electron chi connectivity index (χ4n) is 6.93. The molecule has 1 aromatic rings. The van der Waals surface area contributed by atoms with E-state index in [0.717, 1.165) is 37.7 Å². The maximum atomic E-state index is 13.0. The standard InChI is InChI=1S/C27H38O4S/c1-19(18-32(30,31)24-8-4-3-5-9-24)25-12-13-26-21(7-6-14-27(25,26)2)11-10-20-15-22(28)17-23(29)16-20/h3-5,8-11,19,22-23,25-26,28-29H,6-7,12-18H2,1-2H3/t19-,22-,23-,25-,26+,27-/m1/s1. The number of aliphatic hydroxyl groups is 2. The van der Waals surface area contributed by atoms with Crippen LogP contribution in [0.4, 0.5) is 0 Å². The SMILES string of the molecule is C[C@H](CS(=O)(=O)c1ccccc1)[C@H]1CC[C@H]2C(=CC=C3C[C@@H](O)C[C@H](O)C3)CCC[C@]12C. The molecule has 0 heterocycles. The van der Waals surface area contributed by atoms with Gasteiger partial charge in [-0.25, -0.2) is 8.42 Å². The summed E-state index contributed by atoms with van der Waals surface area (Å²) >= 11 is 0. The molecular formula is C27H38O4S. The molecule has 0 bridgehead atoms. The van der Waals surface area contributed by atoms with E-state index in [0.29, 0.717) is 36.0 Å². The maximum absolute atomic E-state index is 13.0. The lowest BCUT2D eigenvalue weighted by Crippen LogP contribution is -2.37. The Balaban J connectivity index is 1.50. The zero-order valence-corrected chi connectivity index (χ0v) is 20.2. The summed E-state index contributed by atoms with van der Waals surface area (Å²) in [6, 6.07) is 8.85.